The molecule has 0 amide bonds. The van der Waals surface area contributed by atoms with Gasteiger partial charge in [-0.1, -0.05) is 17.3 Å². The van der Waals surface area contributed by atoms with Gasteiger partial charge in [0, 0.05) is 35.8 Å². The summed E-state index contributed by atoms with van der Waals surface area (Å²) in [6.07, 6.45) is 12.5. The molecule has 4 aromatic heterocycles. The Balaban J connectivity index is 0.973. The second-order valence-electron chi connectivity index (χ2n) is 11.2. The molecule has 0 spiro atoms. The van der Waals surface area contributed by atoms with Crippen molar-refractivity contribution < 1.29 is 4.74 Å². The third-order valence-corrected chi connectivity index (χ3v) is 7.97. The summed E-state index contributed by atoms with van der Waals surface area (Å²) in [5.74, 6) is 2.72. The lowest BCUT2D eigenvalue weighted by atomic mass is 10.2. The molecule has 5 aromatic rings. The predicted molar refractivity (Wildman–Crippen MR) is 161 cm³/mol. The van der Waals surface area contributed by atoms with Gasteiger partial charge in [-0.25, -0.2) is 14.6 Å². The van der Waals surface area contributed by atoms with Crippen LogP contribution in [0.15, 0.2) is 78.1 Å². The molecule has 2 N–H and O–H groups in total. The zero-order valence-electron chi connectivity index (χ0n) is 23.8. The van der Waals surface area contributed by atoms with Crippen LogP contribution < -0.4 is 20.9 Å². The van der Waals surface area contributed by atoms with Crippen molar-refractivity contribution in [2.24, 2.45) is 0 Å². The second-order valence-corrected chi connectivity index (χ2v) is 11.2. The van der Waals surface area contributed by atoms with Crippen molar-refractivity contribution in [2.75, 3.05) is 17.7 Å². The van der Waals surface area contributed by atoms with Gasteiger partial charge in [-0.3, -0.25) is 9.36 Å². The number of hydrogen-bond donors (Lipinski definition) is 2. The van der Waals surface area contributed by atoms with Gasteiger partial charge in [0.15, 0.2) is 0 Å². The highest BCUT2D eigenvalue weighted by Crippen LogP contribution is 2.38. The first-order valence-electron chi connectivity index (χ1n) is 14.5. The number of aromatic nitrogens is 8. The summed E-state index contributed by atoms with van der Waals surface area (Å²) in [6, 6.07) is 15.5. The van der Waals surface area contributed by atoms with E-state index >= 15 is 0 Å². The maximum atomic E-state index is 12.8. The Morgan fingerprint density at radius 3 is 2.42 bits per heavy atom. The molecule has 0 unspecified atom stereocenters. The van der Waals surface area contributed by atoms with E-state index in [-0.39, 0.29) is 17.6 Å². The van der Waals surface area contributed by atoms with Crippen LogP contribution in [0.25, 0.3) is 16.9 Å². The van der Waals surface area contributed by atoms with Gasteiger partial charge < -0.3 is 15.4 Å². The van der Waals surface area contributed by atoms with Crippen molar-refractivity contribution in [3.05, 3.63) is 94.9 Å². The molecule has 2 fully saturated rings. The number of pyridine rings is 2. The normalized spacial score (nSPS) is 18.0. The van der Waals surface area contributed by atoms with Crippen LogP contribution in [0, 0.1) is 0 Å². The van der Waals surface area contributed by atoms with Crippen LogP contribution in [0.4, 0.5) is 11.8 Å². The van der Waals surface area contributed by atoms with Crippen molar-refractivity contribution in [1.29, 1.82) is 0 Å². The minimum Gasteiger partial charge on any atom is -0.497 e. The van der Waals surface area contributed by atoms with Crippen molar-refractivity contribution in [3.63, 3.8) is 0 Å². The highest BCUT2D eigenvalue weighted by molar-refractivity contribution is 5.57. The van der Waals surface area contributed by atoms with Crippen LogP contribution >= 0.6 is 0 Å². The molecule has 2 aliphatic carbocycles. The average molecular weight is 577 g/mol. The Morgan fingerprint density at radius 2 is 1.70 bits per heavy atom. The van der Waals surface area contributed by atoms with E-state index in [9.17, 15) is 4.79 Å². The number of methoxy groups -OCH3 is 1. The fourth-order valence-electron chi connectivity index (χ4n) is 5.43. The molecule has 1 aromatic carbocycles. The zero-order valence-corrected chi connectivity index (χ0v) is 23.8. The molecular formula is C31H32N10O2. The first-order valence-corrected chi connectivity index (χ1v) is 14.5. The first kappa shape index (κ1) is 26.7. The highest BCUT2D eigenvalue weighted by atomic mass is 16.5. The first-order chi connectivity index (χ1) is 21.1. The summed E-state index contributed by atoms with van der Waals surface area (Å²) in [5.41, 5.74) is 4.06. The Morgan fingerprint density at radius 1 is 0.860 bits per heavy atom. The van der Waals surface area contributed by atoms with Gasteiger partial charge in [0.2, 0.25) is 5.95 Å². The molecule has 2 aliphatic rings. The minimum atomic E-state index is -0.150. The van der Waals surface area contributed by atoms with Crippen molar-refractivity contribution in [1.82, 2.24) is 39.7 Å². The summed E-state index contributed by atoms with van der Waals surface area (Å²) in [5, 5.41) is 24.1. The van der Waals surface area contributed by atoms with Gasteiger partial charge in [-0.15, -0.1) is 15.3 Å². The largest absolute Gasteiger partial charge is 0.497 e. The lowest BCUT2D eigenvalue weighted by Gasteiger charge is -2.15. The van der Waals surface area contributed by atoms with E-state index in [1.54, 1.807) is 34.8 Å². The van der Waals surface area contributed by atoms with Crippen LogP contribution in [-0.4, -0.2) is 58.9 Å². The summed E-state index contributed by atoms with van der Waals surface area (Å²) >= 11 is 0. The van der Waals surface area contributed by atoms with Crippen molar-refractivity contribution in [2.45, 2.75) is 56.7 Å². The number of rotatable bonds is 10. The molecule has 0 bridgehead atoms. The Labute approximate surface area is 248 Å². The number of ether oxygens (including phenoxy) is 1. The molecule has 0 radical (unpaired) electrons. The second kappa shape index (κ2) is 11.6. The summed E-state index contributed by atoms with van der Waals surface area (Å²) in [7, 11) is 1.65. The van der Waals surface area contributed by atoms with Crippen LogP contribution in [0.5, 0.6) is 5.75 Å². The summed E-state index contributed by atoms with van der Waals surface area (Å²) in [4.78, 5) is 21.8. The van der Waals surface area contributed by atoms with Crippen LogP contribution in [0.2, 0.25) is 0 Å². The van der Waals surface area contributed by atoms with E-state index in [4.69, 9.17) is 4.74 Å². The van der Waals surface area contributed by atoms with Crippen LogP contribution in [-0.2, 0) is 6.54 Å². The fourth-order valence-corrected chi connectivity index (χ4v) is 5.43. The highest BCUT2D eigenvalue weighted by Gasteiger charge is 2.27. The number of hydrogen-bond acceptors (Lipinski definition) is 10. The molecule has 2 atom stereocenters. The molecule has 2 saturated carbocycles. The lowest BCUT2D eigenvalue weighted by Crippen LogP contribution is -2.22. The van der Waals surface area contributed by atoms with Gasteiger partial charge in [-0.2, -0.15) is 0 Å². The summed E-state index contributed by atoms with van der Waals surface area (Å²) in [6.45, 7) is 0.575. The van der Waals surface area contributed by atoms with Gasteiger partial charge in [0.05, 0.1) is 43.6 Å². The van der Waals surface area contributed by atoms with Crippen molar-refractivity contribution in [3.8, 4) is 22.7 Å². The monoisotopic (exact) mass is 576 g/mol. The number of benzene rings is 1. The Hall–Kier alpha value is -5.13. The summed E-state index contributed by atoms with van der Waals surface area (Å²) < 4.78 is 8.57. The molecular weight excluding hydrogens is 544 g/mol. The van der Waals surface area contributed by atoms with Gasteiger partial charge in [-0.05, 0) is 68.0 Å². The van der Waals surface area contributed by atoms with Crippen molar-refractivity contribution >= 4 is 11.8 Å². The zero-order chi connectivity index (χ0) is 29.2. The number of nitrogens with one attached hydrogen (secondary N) is 2. The van der Waals surface area contributed by atoms with Gasteiger partial charge in [0.25, 0.3) is 5.56 Å². The van der Waals surface area contributed by atoms with E-state index in [0.717, 1.165) is 47.7 Å². The van der Waals surface area contributed by atoms with E-state index in [0.29, 0.717) is 29.8 Å². The topological polar surface area (TPSA) is 138 Å². The fraction of sp³-hybridized carbons (Fsp3) is 0.323. The maximum absolute atomic E-state index is 12.8. The van der Waals surface area contributed by atoms with E-state index in [1.807, 2.05) is 48.8 Å². The van der Waals surface area contributed by atoms with Crippen LogP contribution in [0.3, 0.4) is 0 Å². The lowest BCUT2D eigenvalue weighted by molar-refractivity contribution is 0.414. The number of anilines is 2. The standard InChI is InChI=1S/C31H32N10O2/c1-43-26-10-2-20(3-11-26)17-40-19-28(37-39-40)22-6-13-30(42)41(18-22)25-9-12-29(32-15-25)34-23-7-8-24(14-23)35-31-33-16-27(36-38-31)21-4-5-21/h2-3,6,9-13,15-16,18-19,21,23-24H,4-5,7-8,14,17H2,1H3,(H,32,34)(H,33,35,38)/t23-,24-/m0/s1. The molecule has 218 valence electrons. The molecule has 7 rings (SSSR count). The molecule has 4 heterocycles. The van der Waals surface area contributed by atoms with E-state index in [2.05, 4.69) is 41.1 Å². The van der Waals surface area contributed by atoms with Gasteiger partial charge >= 0.3 is 0 Å². The maximum Gasteiger partial charge on any atom is 0.255 e. The smallest absolute Gasteiger partial charge is 0.255 e. The SMILES string of the molecule is COc1ccc(Cn2cc(-c3ccc(=O)n(-c4ccc(N[C@H]5CC[C@H](Nc6ncc(C7CC7)nn6)C5)nc4)c3)nn2)cc1. The molecule has 0 saturated heterocycles. The molecule has 43 heavy (non-hydrogen) atoms. The Kier molecular flexibility index (Phi) is 7.23. The molecule has 12 heteroatoms. The minimum absolute atomic E-state index is 0.150. The Bertz CT molecular complexity index is 1750. The van der Waals surface area contributed by atoms with Crippen LogP contribution in [0.1, 0.15) is 49.3 Å². The molecule has 12 nitrogen and oxygen atoms in total. The van der Waals surface area contributed by atoms with E-state index < -0.39 is 0 Å². The predicted octanol–water partition coefficient (Wildman–Crippen LogP) is 4.06. The third-order valence-electron chi connectivity index (χ3n) is 7.97. The molecule has 0 aliphatic heterocycles. The van der Waals surface area contributed by atoms with Gasteiger partial charge in [0.1, 0.15) is 17.3 Å². The number of nitrogens with zero attached hydrogens (tertiary/aromatic N) is 8. The van der Waals surface area contributed by atoms with E-state index in [1.165, 1.54) is 18.9 Å². The quantitative estimate of drug-likeness (QED) is 0.250. The third kappa shape index (κ3) is 6.22. The average Bonchev–Trinajstić information content (AvgIpc) is 3.64.